The minimum Gasteiger partial charge on any atom is -0.379 e. The lowest BCUT2D eigenvalue weighted by atomic mass is 10.1. The highest BCUT2D eigenvalue weighted by Crippen LogP contribution is 2.26. The second-order valence-electron chi connectivity index (χ2n) is 7.14. The van der Waals surface area contributed by atoms with Crippen LogP contribution in [0, 0.1) is 10.1 Å². The monoisotopic (exact) mass is 490 g/mol. The molecule has 0 spiro atoms. The molecule has 0 atom stereocenters. The topological polar surface area (TPSA) is 133 Å². The van der Waals surface area contributed by atoms with Gasteiger partial charge in [0.1, 0.15) is 5.75 Å². The Hall–Kier alpha value is -4.77. The smallest absolute Gasteiger partial charge is 0.346 e. The molecule has 1 N–H and O–H groups in total. The molecule has 0 fully saturated rings. The van der Waals surface area contributed by atoms with Gasteiger partial charge in [-0.25, -0.2) is 5.43 Å². The Balaban J connectivity index is 1.49. The minimum atomic E-state index is -4.46. The van der Waals surface area contributed by atoms with Crippen LogP contribution in [0.2, 0.25) is 0 Å². The van der Waals surface area contributed by atoms with Crippen molar-refractivity contribution in [3.05, 3.63) is 119 Å². The molecule has 0 aliphatic carbocycles. The van der Waals surface area contributed by atoms with E-state index >= 15 is 0 Å². The van der Waals surface area contributed by atoms with Crippen molar-refractivity contribution in [3.63, 3.8) is 0 Å². The lowest BCUT2D eigenvalue weighted by molar-refractivity contribution is -0.387. The molecule has 0 unspecified atom stereocenters. The Morgan fingerprint density at radius 3 is 2.46 bits per heavy atom. The first-order valence-electron chi connectivity index (χ1n) is 10.2. The van der Waals surface area contributed by atoms with Gasteiger partial charge in [-0.3, -0.25) is 14.9 Å². The maximum Gasteiger partial charge on any atom is 0.346 e. The van der Waals surface area contributed by atoms with Gasteiger partial charge in [0, 0.05) is 18.5 Å². The molecule has 1 amide bonds. The van der Waals surface area contributed by atoms with E-state index in [0.717, 1.165) is 12.1 Å². The van der Waals surface area contributed by atoms with Gasteiger partial charge in [-0.2, -0.15) is 13.5 Å². The van der Waals surface area contributed by atoms with E-state index in [0.29, 0.717) is 16.8 Å². The molecule has 0 saturated heterocycles. The summed E-state index contributed by atoms with van der Waals surface area (Å²) in [4.78, 5) is 22.5. The number of aromatic nitrogens is 1. The van der Waals surface area contributed by atoms with Gasteiger partial charge in [-0.05, 0) is 48.0 Å². The van der Waals surface area contributed by atoms with Gasteiger partial charge in [0.2, 0.25) is 0 Å². The molecule has 0 aliphatic heterocycles. The SMILES string of the molecule is O=C(N/N=C\c1cccc(OS(=O)(=O)c2ccccc2[N+](=O)[O-])c1)c1ccccc1-n1cccc1. The van der Waals surface area contributed by atoms with Gasteiger partial charge in [-0.15, -0.1) is 0 Å². The van der Waals surface area contributed by atoms with Crippen molar-refractivity contribution in [3.8, 4) is 11.4 Å². The standard InChI is InChI=1S/C24H18N4O6S/c29-24(20-10-1-2-11-21(20)27-14-5-6-15-27)26-25-17-18-8-7-9-19(16-18)34-35(32,33)23-13-4-3-12-22(23)28(30)31/h1-17H,(H,26,29)/b25-17-. The Morgan fingerprint density at radius 1 is 0.971 bits per heavy atom. The highest BCUT2D eigenvalue weighted by molar-refractivity contribution is 7.87. The molecular formula is C24H18N4O6S. The summed E-state index contributed by atoms with van der Waals surface area (Å²) in [6.07, 6.45) is 4.96. The number of benzene rings is 3. The van der Waals surface area contributed by atoms with Gasteiger partial charge in [0.05, 0.1) is 22.4 Å². The van der Waals surface area contributed by atoms with Crippen LogP contribution in [0.1, 0.15) is 15.9 Å². The fraction of sp³-hybridized carbons (Fsp3) is 0. The van der Waals surface area contributed by atoms with Gasteiger partial charge < -0.3 is 8.75 Å². The molecule has 11 heteroatoms. The lowest BCUT2D eigenvalue weighted by Crippen LogP contribution is -2.19. The molecule has 0 bridgehead atoms. The molecular weight excluding hydrogens is 472 g/mol. The third-order valence-corrected chi connectivity index (χ3v) is 6.10. The van der Waals surface area contributed by atoms with Crippen molar-refractivity contribution in [2.75, 3.05) is 0 Å². The Kier molecular flexibility index (Phi) is 6.69. The summed E-state index contributed by atoms with van der Waals surface area (Å²) in [5.74, 6) is -0.506. The highest BCUT2D eigenvalue weighted by atomic mass is 32.2. The van der Waals surface area contributed by atoms with Crippen molar-refractivity contribution in [1.82, 2.24) is 9.99 Å². The number of para-hydroxylation sites is 2. The number of amides is 1. The maximum absolute atomic E-state index is 12.7. The second kappa shape index (κ2) is 10.0. The summed E-state index contributed by atoms with van der Waals surface area (Å²) in [6.45, 7) is 0. The van der Waals surface area contributed by atoms with Crippen LogP contribution in [0.15, 0.2) is 107 Å². The van der Waals surface area contributed by atoms with Crippen LogP contribution >= 0.6 is 0 Å². The summed E-state index contributed by atoms with van der Waals surface area (Å²) in [5, 5.41) is 15.1. The number of hydrazone groups is 1. The van der Waals surface area contributed by atoms with Crippen molar-refractivity contribution >= 4 is 27.9 Å². The molecule has 35 heavy (non-hydrogen) atoms. The van der Waals surface area contributed by atoms with E-state index in [1.807, 2.05) is 30.6 Å². The Labute approximate surface area is 200 Å². The number of nitro groups is 1. The van der Waals surface area contributed by atoms with Crippen molar-refractivity contribution in [2.24, 2.45) is 5.10 Å². The van der Waals surface area contributed by atoms with Crippen LogP contribution in [0.25, 0.3) is 5.69 Å². The number of nitrogens with zero attached hydrogens (tertiary/aromatic N) is 3. The molecule has 1 heterocycles. The number of nitro benzene ring substituents is 1. The Morgan fingerprint density at radius 2 is 1.69 bits per heavy atom. The molecule has 3 aromatic carbocycles. The maximum atomic E-state index is 12.7. The van der Waals surface area contributed by atoms with E-state index < -0.39 is 31.5 Å². The number of nitrogens with one attached hydrogen (secondary N) is 1. The van der Waals surface area contributed by atoms with Crippen molar-refractivity contribution in [1.29, 1.82) is 0 Å². The first-order chi connectivity index (χ1) is 16.8. The van der Waals surface area contributed by atoms with Crippen LogP contribution in [-0.4, -0.2) is 30.0 Å². The largest absolute Gasteiger partial charge is 0.379 e. The van der Waals surface area contributed by atoms with Crippen LogP contribution in [-0.2, 0) is 10.1 Å². The molecule has 0 radical (unpaired) electrons. The highest BCUT2D eigenvalue weighted by Gasteiger charge is 2.27. The predicted molar refractivity (Wildman–Crippen MR) is 128 cm³/mol. The number of carbonyl (C=O) groups excluding carboxylic acids is 1. The fourth-order valence-electron chi connectivity index (χ4n) is 3.25. The fourth-order valence-corrected chi connectivity index (χ4v) is 4.34. The third kappa shape index (κ3) is 5.42. The summed E-state index contributed by atoms with van der Waals surface area (Å²) in [7, 11) is -4.46. The molecule has 0 aliphatic rings. The Bertz CT molecular complexity index is 1510. The molecule has 0 saturated carbocycles. The molecule has 1 aromatic heterocycles. The molecule has 4 aromatic rings. The summed E-state index contributed by atoms with van der Waals surface area (Å²) < 4.78 is 32.1. The average Bonchev–Trinajstić information content (AvgIpc) is 3.39. The zero-order chi connectivity index (χ0) is 24.8. The van der Waals surface area contributed by atoms with Crippen LogP contribution in [0.3, 0.4) is 0 Å². The number of carbonyl (C=O) groups is 1. The van der Waals surface area contributed by atoms with Crippen molar-refractivity contribution < 1.29 is 22.3 Å². The van der Waals surface area contributed by atoms with Crippen LogP contribution < -0.4 is 9.61 Å². The lowest BCUT2D eigenvalue weighted by Gasteiger charge is -2.09. The number of rotatable bonds is 8. The van der Waals surface area contributed by atoms with Crippen molar-refractivity contribution in [2.45, 2.75) is 4.90 Å². The minimum absolute atomic E-state index is 0.0728. The first-order valence-corrected chi connectivity index (χ1v) is 11.6. The zero-order valence-electron chi connectivity index (χ0n) is 18.0. The molecule has 176 valence electrons. The second-order valence-corrected chi connectivity index (χ2v) is 8.66. The summed E-state index contributed by atoms with van der Waals surface area (Å²) in [5.41, 5.74) is 3.38. The number of hydrogen-bond acceptors (Lipinski definition) is 7. The van der Waals surface area contributed by atoms with E-state index in [9.17, 15) is 23.3 Å². The number of hydrogen-bond donors (Lipinski definition) is 1. The molecule has 10 nitrogen and oxygen atoms in total. The summed E-state index contributed by atoms with van der Waals surface area (Å²) in [6, 6.07) is 21.5. The molecule has 4 rings (SSSR count). The average molecular weight is 490 g/mol. The quantitative estimate of drug-likeness (QED) is 0.172. The van der Waals surface area contributed by atoms with E-state index in [1.165, 1.54) is 36.5 Å². The first kappa shape index (κ1) is 23.4. The zero-order valence-corrected chi connectivity index (χ0v) is 18.8. The summed E-state index contributed by atoms with van der Waals surface area (Å²) >= 11 is 0. The van der Waals surface area contributed by atoms with E-state index in [2.05, 4.69) is 10.5 Å². The predicted octanol–water partition coefficient (Wildman–Crippen LogP) is 3.92. The third-order valence-electron chi connectivity index (χ3n) is 4.81. The van der Waals surface area contributed by atoms with E-state index in [-0.39, 0.29) is 5.75 Å². The van der Waals surface area contributed by atoms with Gasteiger partial charge in [-0.1, -0.05) is 36.4 Å². The van der Waals surface area contributed by atoms with E-state index in [4.69, 9.17) is 4.18 Å². The van der Waals surface area contributed by atoms with Gasteiger partial charge >= 0.3 is 10.1 Å². The van der Waals surface area contributed by atoms with Crippen LogP contribution in [0.4, 0.5) is 5.69 Å². The van der Waals surface area contributed by atoms with Crippen LogP contribution in [0.5, 0.6) is 5.75 Å². The van der Waals surface area contributed by atoms with Gasteiger partial charge in [0.15, 0.2) is 4.90 Å². The van der Waals surface area contributed by atoms with E-state index in [1.54, 1.807) is 28.8 Å². The van der Waals surface area contributed by atoms with Gasteiger partial charge in [0.25, 0.3) is 11.6 Å². The normalized spacial score (nSPS) is 11.3.